The molecule has 0 aliphatic carbocycles. The van der Waals surface area contributed by atoms with Crippen molar-refractivity contribution < 1.29 is 30.0 Å². The number of allylic oxidation sites excluding steroid dienone is 6. The van der Waals surface area contributed by atoms with Gasteiger partial charge in [0.2, 0.25) is 0 Å². The van der Waals surface area contributed by atoms with Crippen LogP contribution in [0.15, 0.2) is 107 Å². The highest BCUT2D eigenvalue weighted by Gasteiger charge is 1.98. The molecule has 0 spiro atoms. The summed E-state index contributed by atoms with van der Waals surface area (Å²) in [5.74, 6) is -1.76. The van der Waals surface area contributed by atoms with Crippen molar-refractivity contribution >= 4 is 11.9 Å². The van der Waals surface area contributed by atoms with Crippen LogP contribution in [0.25, 0.3) is 0 Å². The molecule has 2 rings (SSSR count). The summed E-state index contributed by atoms with van der Waals surface area (Å²) in [5.41, 5.74) is 5.78. The molecular weight excluding hydrogens is 504 g/mol. The molecule has 0 aliphatic rings. The Balaban J connectivity index is 0.000000681. The van der Waals surface area contributed by atoms with E-state index in [1.165, 1.54) is 16.7 Å². The summed E-state index contributed by atoms with van der Waals surface area (Å²) >= 11 is 0. The fourth-order valence-electron chi connectivity index (χ4n) is 3.36. The van der Waals surface area contributed by atoms with E-state index >= 15 is 0 Å². The number of hydrogen-bond donors (Lipinski definition) is 4. The van der Waals surface area contributed by atoms with Gasteiger partial charge in [0.05, 0.1) is 24.3 Å². The van der Waals surface area contributed by atoms with E-state index in [-0.39, 0.29) is 13.2 Å². The zero-order valence-electron chi connectivity index (χ0n) is 24.3. The number of aromatic carboxylic acids is 2. The van der Waals surface area contributed by atoms with Crippen molar-refractivity contribution in [2.45, 2.75) is 66.2 Å². The number of carbonyl (C=O) groups is 2. The second-order valence-electron chi connectivity index (χ2n) is 9.54. The molecule has 2 aromatic rings. The second kappa shape index (κ2) is 23.2. The highest BCUT2D eigenvalue weighted by atomic mass is 16.4. The molecule has 6 heteroatoms. The molecule has 0 fully saturated rings. The third kappa shape index (κ3) is 20.3. The minimum absolute atomic E-state index is 0.110. The van der Waals surface area contributed by atoms with Gasteiger partial charge in [-0.15, -0.1) is 0 Å². The second-order valence-corrected chi connectivity index (χ2v) is 9.54. The van der Waals surface area contributed by atoms with Gasteiger partial charge in [0.1, 0.15) is 0 Å². The lowest BCUT2D eigenvalue weighted by Crippen LogP contribution is -1.93. The van der Waals surface area contributed by atoms with Crippen LogP contribution in [0, 0.1) is 0 Å². The third-order valence-electron chi connectivity index (χ3n) is 5.71. The summed E-state index contributed by atoms with van der Waals surface area (Å²) in [6, 6.07) is 16.6. The summed E-state index contributed by atoms with van der Waals surface area (Å²) in [4.78, 5) is 20.4. The number of hydrogen-bond acceptors (Lipinski definition) is 4. The number of aliphatic hydroxyl groups excluding tert-OH is 2. The SMILES string of the molecule is CC(C)=CCCC(C)=CCCC(=CCCC(C)=CCO)CO.O=C(O)c1ccccc1.O=C(O)c1ccccc1. The van der Waals surface area contributed by atoms with Crippen molar-refractivity contribution in [2.24, 2.45) is 0 Å². The number of carboxylic acids is 2. The Morgan fingerprint density at radius 2 is 1.02 bits per heavy atom. The van der Waals surface area contributed by atoms with Crippen LogP contribution >= 0.6 is 0 Å². The predicted molar refractivity (Wildman–Crippen MR) is 164 cm³/mol. The lowest BCUT2D eigenvalue weighted by molar-refractivity contribution is 0.0686. The van der Waals surface area contributed by atoms with Crippen molar-refractivity contribution in [3.63, 3.8) is 0 Å². The summed E-state index contributed by atoms with van der Waals surface area (Å²) in [6.45, 7) is 8.74. The molecule has 0 amide bonds. The van der Waals surface area contributed by atoms with Crippen LogP contribution in [0.3, 0.4) is 0 Å². The molecule has 0 saturated carbocycles. The molecule has 218 valence electrons. The van der Waals surface area contributed by atoms with Gasteiger partial charge in [-0.1, -0.05) is 77.4 Å². The van der Waals surface area contributed by atoms with Gasteiger partial charge >= 0.3 is 11.9 Å². The first-order valence-electron chi connectivity index (χ1n) is 13.5. The molecule has 0 unspecified atom stereocenters. The summed E-state index contributed by atoms with van der Waals surface area (Å²) in [6.07, 6.45) is 14.6. The molecule has 40 heavy (non-hydrogen) atoms. The zero-order valence-corrected chi connectivity index (χ0v) is 24.3. The lowest BCUT2D eigenvalue weighted by Gasteiger charge is -2.04. The van der Waals surface area contributed by atoms with Crippen molar-refractivity contribution in [1.29, 1.82) is 0 Å². The Bertz CT molecular complexity index is 1040. The zero-order chi connectivity index (χ0) is 30.2. The fourth-order valence-corrected chi connectivity index (χ4v) is 3.36. The molecule has 0 bridgehead atoms. The van der Waals surface area contributed by atoms with E-state index in [2.05, 4.69) is 39.0 Å². The van der Waals surface area contributed by atoms with Gasteiger partial charge in [0, 0.05) is 0 Å². The van der Waals surface area contributed by atoms with Crippen LogP contribution < -0.4 is 0 Å². The normalized spacial score (nSPS) is 11.4. The first-order valence-corrected chi connectivity index (χ1v) is 13.5. The molecule has 0 atom stereocenters. The van der Waals surface area contributed by atoms with Gasteiger partial charge in [-0.25, -0.2) is 9.59 Å². The summed E-state index contributed by atoms with van der Waals surface area (Å²) < 4.78 is 0. The van der Waals surface area contributed by atoms with Crippen LogP contribution in [-0.2, 0) is 0 Å². The third-order valence-corrected chi connectivity index (χ3v) is 5.71. The van der Waals surface area contributed by atoms with Crippen molar-refractivity contribution in [3.05, 3.63) is 118 Å². The molecule has 0 aliphatic heterocycles. The van der Waals surface area contributed by atoms with Crippen molar-refractivity contribution in [2.75, 3.05) is 13.2 Å². The van der Waals surface area contributed by atoms with Crippen LogP contribution in [0.5, 0.6) is 0 Å². The van der Waals surface area contributed by atoms with Gasteiger partial charge in [-0.2, -0.15) is 0 Å². The number of carboxylic acid groups (broad SMARTS) is 2. The van der Waals surface area contributed by atoms with Gasteiger partial charge in [0.25, 0.3) is 0 Å². The van der Waals surface area contributed by atoms with E-state index < -0.39 is 11.9 Å². The molecule has 0 radical (unpaired) electrons. The molecule has 0 saturated heterocycles. The number of benzene rings is 2. The van der Waals surface area contributed by atoms with E-state index in [4.69, 9.17) is 15.3 Å². The molecule has 2 aromatic carbocycles. The largest absolute Gasteiger partial charge is 0.478 e. The highest BCUT2D eigenvalue weighted by Crippen LogP contribution is 2.13. The van der Waals surface area contributed by atoms with Gasteiger partial charge < -0.3 is 20.4 Å². The Kier molecular flexibility index (Phi) is 21.0. The van der Waals surface area contributed by atoms with Gasteiger partial charge in [0.15, 0.2) is 0 Å². The highest BCUT2D eigenvalue weighted by molar-refractivity contribution is 5.87. The van der Waals surface area contributed by atoms with Crippen molar-refractivity contribution in [1.82, 2.24) is 0 Å². The van der Waals surface area contributed by atoms with Gasteiger partial charge in [-0.05, 0) is 96.1 Å². The van der Waals surface area contributed by atoms with E-state index in [9.17, 15) is 14.7 Å². The maximum atomic E-state index is 10.2. The quantitative estimate of drug-likeness (QED) is 0.189. The topological polar surface area (TPSA) is 115 Å². The molecule has 0 heterocycles. The number of aliphatic hydroxyl groups is 2. The standard InChI is InChI=1S/C20H34O2.2C7H6O2/c1-17(2)8-5-9-18(3)10-6-12-20(16-22)13-7-11-19(4)14-15-21;2*8-7(9)6-4-2-1-3-5-6/h8,10,13-14,21-22H,5-7,9,11-12,15-16H2,1-4H3;2*1-5H,(H,8,9). The van der Waals surface area contributed by atoms with Gasteiger partial charge in [-0.3, -0.25) is 0 Å². The Labute approximate surface area is 239 Å². The van der Waals surface area contributed by atoms with Crippen LogP contribution in [0.2, 0.25) is 0 Å². The minimum atomic E-state index is -0.879. The first kappa shape index (κ1) is 36.3. The average molecular weight is 551 g/mol. The smallest absolute Gasteiger partial charge is 0.335 e. The Morgan fingerprint density at radius 1 is 0.600 bits per heavy atom. The van der Waals surface area contributed by atoms with Crippen molar-refractivity contribution in [3.8, 4) is 0 Å². The van der Waals surface area contributed by atoms with E-state index in [0.29, 0.717) is 11.1 Å². The molecule has 4 N–H and O–H groups in total. The van der Waals surface area contributed by atoms with Crippen LogP contribution in [0.4, 0.5) is 0 Å². The molecule has 0 aromatic heterocycles. The monoisotopic (exact) mass is 550 g/mol. The fraction of sp³-hybridized carbons (Fsp3) is 0.353. The van der Waals surface area contributed by atoms with E-state index in [0.717, 1.165) is 44.1 Å². The predicted octanol–water partition coefficient (Wildman–Crippen LogP) is 7.87. The minimum Gasteiger partial charge on any atom is -0.478 e. The lowest BCUT2D eigenvalue weighted by atomic mass is 10.0. The van der Waals surface area contributed by atoms with E-state index in [1.54, 1.807) is 60.7 Å². The molecule has 6 nitrogen and oxygen atoms in total. The Hall–Kier alpha value is -3.74. The maximum absolute atomic E-state index is 10.2. The molecular formula is C34H46O6. The maximum Gasteiger partial charge on any atom is 0.335 e. The number of rotatable bonds is 13. The summed E-state index contributed by atoms with van der Waals surface area (Å²) in [5, 5.41) is 35.0. The van der Waals surface area contributed by atoms with Crippen LogP contribution in [0.1, 0.15) is 86.9 Å². The Morgan fingerprint density at radius 3 is 1.40 bits per heavy atom. The average Bonchev–Trinajstić information content (AvgIpc) is 2.94. The van der Waals surface area contributed by atoms with Crippen LogP contribution in [-0.4, -0.2) is 45.6 Å². The van der Waals surface area contributed by atoms with E-state index in [1.807, 2.05) is 13.0 Å². The first-order chi connectivity index (χ1) is 19.1. The summed E-state index contributed by atoms with van der Waals surface area (Å²) in [7, 11) is 0.